The van der Waals surface area contributed by atoms with E-state index in [4.69, 9.17) is 9.47 Å². The number of anilines is 1. The van der Waals surface area contributed by atoms with Crippen LogP contribution < -0.4 is 20.1 Å². The molecule has 0 atom stereocenters. The molecule has 0 aliphatic heterocycles. The van der Waals surface area contributed by atoms with Crippen LogP contribution in [0.25, 0.3) is 0 Å². The van der Waals surface area contributed by atoms with Crippen LogP contribution in [0.2, 0.25) is 0 Å². The Morgan fingerprint density at radius 3 is 2.23 bits per heavy atom. The highest BCUT2D eigenvalue weighted by Crippen LogP contribution is 2.22. The monoisotopic (exact) mass is 356 g/mol. The van der Waals surface area contributed by atoms with Crippen LogP contribution >= 0.6 is 0 Å². The quantitative estimate of drug-likeness (QED) is 0.799. The van der Waals surface area contributed by atoms with Crippen molar-refractivity contribution in [1.29, 1.82) is 0 Å². The summed E-state index contributed by atoms with van der Waals surface area (Å²) in [4.78, 5) is 24.4. The molecule has 0 aliphatic carbocycles. The second kappa shape index (κ2) is 8.89. The van der Waals surface area contributed by atoms with Gasteiger partial charge in [-0.2, -0.15) is 0 Å². The van der Waals surface area contributed by atoms with E-state index in [1.807, 2.05) is 32.0 Å². The number of rotatable bonds is 7. The van der Waals surface area contributed by atoms with Crippen molar-refractivity contribution in [1.82, 2.24) is 5.32 Å². The van der Waals surface area contributed by atoms with E-state index in [9.17, 15) is 9.59 Å². The molecule has 6 nitrogen and oxygen atoms in total. The molecule has 138 valence electrons. The molecule has 0 radical (unpaired) electrons. The molecule has 0 heterocycles. The van der Waals surface area contributed by atoms with E-state index in [-0.39, 0.29) is 24.8 Å². The first kappa shape index (κ1) is 19.3. The van der Waals surface area contributed by atoms with E-state index in [1.165, 1.54) is 14.2 Å². The van der Waals surface area contributed by atoms with Crippen molar-refractivity contribution >= 4 is 17.5 Å². The molecule has 2 aromatic carbocycles. The molecule has 2 aromatic rings. The van der Waals surface area contributed by atoms with E-state index in [2.05, 4.69) is 10.6 Å². The maximum atomic E-state index is 12.3. The summed E-state index contributed by atoms with van der Waals surface area (Å²) in [6.07, 6.45) is 0.181. The number of hydrogen-bond donors (Lipinski definition) is 2. The lowest BCUT2D eigenvalue weighted by molar-refractivity contribution is -0.116. The molecular formula is C20H24N2O4. The van der Waals surface area contributed by atoms with Gasteiger partial charge in [-0.3, -0.25) is 9.59 Å². The van der Waals surface area contributed by atoms with Gasteiger partial charge in [0.2, 0.25) is 5.91 Å². The average Bonchev–Trinajstić information content (AvgIpc) is 2.64. The normalized spacial score (nSPS) is 10.2. The number of carbonyl (C=O) groups is 2. The first-order valence-electron chi connectivity index (χ1n) is 8.31. The van der Waals surface area contributed by atoms with E-state index in [0.29, 0.717) is 17.1 Å². The summed E-state index contributed by atoms with van der Waals surface area (Å²) < 4.78 is 10.3. The van der Waals surface area contributed by atoms with E-state index < -0.39 is 0 Å². The zero-order chi connectivity index (χ0) is 19.1. The van der Waals surface area contributed by atoms with E-state index >= 15 is 0 Å². The zero-order valence-electron chi connectivity index (χ0n) is 15.5. The van der Waals surface area contributed by atoms with Crippen LogP contribution in [0.3, 0.4) is 0 Å². The number of methoxy groups -OCH3 is 2. The third-order valence-corrected chi connectivity index (χ3v) is 3.92. The fraction of sp³-hybridized carbons (Fsp3) is 0.300. The predicted octanol–water partition coefficient (Wildman–Crippen LogP) is 3.08. The summed E-state index contributed by atoms with van der Waals surface area (Å²) in [6, 6.07) is 10.8. The molecule has 0 aromatic heterocycles. The highest BCUT2D eigenvalue weighted by atomic mass is 16.5. The van der Waals surface area contributed by atoms with Gasteiger partial charge in [0.15, 0.2) is 0 Å². The van der Waals surface area contributed by atoms with Gasteiger partial charge in [0.25, 0.3) is 5.91 Å². The van der Waals surface area contributed by atoms with Gasteiger partial charge in [-0.1, -0.05) is 12.1 Å². The van der Waals surface area contributed by atoms with Gasteiger partial charge in [0.05, 0.1) is 14.2 Å². The molecule has 2 rings (SSSR count). The van der Waals surface area contributed by atoms with Crippen LogP contribution in [0.4, 0.5) is 5.69 Å². The van der Waals surface area contributed by atoms with Crippen LogP contribution in [0.15, 0.2) is 36.4 Å². The standard InChI is InChI=1S/C20H24N2O4/c1-13-5-6-14(2)18(9-13)22-19(23)7-8-21-20(24)15-10-16(25-3)12-17(11-15)26-4/h5-6,9-12H,7-8H2,1-4H3,(H,21,24)(H,22,23). The van der Waals surface area contributed by atoms with Crippen LogP contribution in [-0.4, -0.2) is 32.6 Å². The van der Waals surface area contributed by atoms with E-state index in [1.54, 1.807) is 18.2 Å². The fourth-order valence-electron chi connectivity index (χ4n) is 2.41. The number of nitrogens with one attached hydrogen (secondary N) is 2. The van der Waals surface area contributed by atoms with Gasteiger partial charge in [-0.25, -0.2) is 0 Å². The minimum Gasteiger partial charge on any atom is -0.497 e. The Hall–Kier alpha value is -3.02. The van der Waals surface area contributed by atoms with Crippen LogP contribution in [0, 0.1) is 13.8 Å². The Balaban J connectivity index is 1.90. The third kappa shape index (κ3) is 5.24. The molecule has 0 saturated heterocycles. The number of aryl methyl sites for hydroxylation is 2. The molecule has 2 N–H and O–H groups in total. The summed E-state index contributed by atoms with van der Waals surface area (Å²) in [5.41, 5.74) is 3.28. The van der Waals surface area contributed by atoms with Crippen LogP contribution in [-0.2, 0) is 4.79 Å². The first-order chi connectivity index (χ1) is 12.4. The third-order valence-electron chi connectivity index (χ3n) is 3.92. The minimum atomic E-state index is -0.290. The van der Waals surface area contributed by atoms with Crippen molar-refractivity contribution in [2.45, 2.75) is 20.3 Å². The Morgan fingerprint density at radius 1 is 0.962 bits per heavy atom. The maximum Gasteiger partial charge on any atom is 0.251 e. The summed E-state index contributed by atoms with van der Waals surface area (Å²) >= 11 is 0. The average molecular weight is 356 g/mol. The topological polar surface area (TPSA) is 76.7 Å². The lowest BCUT2D eigenvalue weighted by Gasteiger charge is -2.11. The second-order valence-electron chi connectivity index (χ2n) is 5.97. The Bertz CT molecular complexity index is 780. The molecule has 0 spiro atoms. The SMILES string of the molecule is COc1cc(OC)cc(C(=O)NCCC(=O)Nc2cc(C)ccc2C)c1. The lowest BCUT2D eigenvalue weighted by Crippen LogP contribution is -2.27. The first-order valence-corrected chi connectivity index (χ1v) is 8.31. The summed E-state index contributed by atoms with van der Waals surface area (Å²) in [7, 11) is 3.04. The van der Waals surface area contributed by atoms with Gasteiger partial charge in [-0.15, -0.1) is 0 Å². The van der Waals surface area contributed by atoms with Crippen molar-refractivity contribution < 1.29 is 19.1 Å². The van der Waals surface area contributed by atoms with Crippen molar-refractivity contribution in [3.05, 3.63) is 53.1 Å². The van der Waals surface area contributed by atoms with Crippen molar-refractivity contribution in [3.8, 4) is 11.5 Å². The second-order valence-corrected chi connectivity index (χ2v) is 5.97. The lowest BCUT2D eigenvalue weighted by atomic mass is 10.1. The molecule has 0 bridgehead atoms. The molecule has 0 saturated carbocycles. The number of hydrogen-bond acceptors (Lipinski definition) is 4. The Morgan fingerprint density at radius 2 is 1.62 bits per heavy atom. The Kier molecular flexibility index (Phi) is 6.60. The predicted molar refractivity (Wildman–Crippen MR) is 101 cm³/mol. The summed E-state index contributed by atoms with van der Waals surface area (Å²) in [5, 5.41) is 5.60. The molecule has 0 unspecified atom stereocenters. The van der Waals surface area contributed by atoms with Crippen LogP contribution in [0.1, 0.15) is 27.9 Å². The van der Waals surface area contributed by atoms with Crippen molar-refractivity contribution in [3.63, 3.8) is 0 Å². The summed E-state index contributed by atoms with van der Waals surface area (Å²) in [5.74, 6) is 0.619. The number of carbonyl (C=O) groups excluding carboxylic acids is 2. The largest absolute Gasteiger partial charge is 0.497 e. The molecule has 0 aliphatic rings. The maximum absolute atomic E-state index is 12.3. The Labute approximate surface area is 153 Å². The van der Waals surface area contributed by atoms with Gasteiger partial charge >= 0.3 is 0 Å². The van der Waals surface area contributed by atoms with Crippen LogP contribution in [0.5, 0.6) is 11.5 Å². The van der Waals surface area contributed by atoms with Gasteiger partial charge in [-0.05, 0) is 43.2 Å². The zero-order valence-corrected chi connectivity index (χ0v) is 15.5. The van der Waals surface area contributed by atoms with Crippen molar-refractivity contribution in [2.75, 3.05) is 26.1 Å². The highest BCUT2D eigenvalue weighted by Gasteiger charge is 2.11. The molecule has 0 fully saturated rings. The molecular weight excluding hydrogens is 332 g/mol. The van der Waals surface area contributed by atoms with Gasteiger partial charge in [0, 0.05) is 30.3 Å². The molecule has 6 heteroatoms. The smallest absolute Gasteiger partial charge is 0.251 e. The van der Waals surface area contributed by atoms with Gasteiger partial charge in [0.1, 0.15) is 11.5 Å². The van der Waals surface area contributed by atoms with Crippen molar-refractivity contribution in [2.24, 2.45) is 0 Å². The highest BCUT2D eigenvalue weighted by molar-refractivity contribution is 5.96. The number of amides is 2. The number of ether oxygens (including phenoxy) is 2. The fourth-order valence-corrected chi connectivity index (χ4v) is 2.41. The summed E-state index contributed by atoms with van der Waals surface area (Å²) in [6.45, 7) is 4.14. The molecule has 2 amide bonds. The van der Waals surface area contributed by atoms with Gasteiger partial charge < -0.3 is 20.1 Å². The molecule has 26 heavy (non-hydrogen) atoms. The van der Waals surface area contributed by atoms with E-state index in [0.717, 1.165) is 16.8 Å². The number of benzene rings is 2. The minimum absolute atomic E-state index is 0.151.